The molecule has 112 valence electrons. The van der Waals surface area contributed by atoms with Gasteiger partial charge in [-0.1, -0.05) is 6.92 Å². The van der Waals surface area contributed by atoms with Crippen molar-refractivity contribution in [2.45, 2.75) is 19.1 Å². The molecule has 0 spiro atoms. The summed E-state index contributed by atoms with van der Waals surface area (Å²) in [4.78, 5) is 5.14. The molecular formula is C13H11F3N2S3. The molecule has 3 aromatic heterocycles. The van der Waals surface area contributed by atoms with Gasteiger partial charge in [-0.2, -0.15) is 13.2 Å². The van der Waals surface area contributed by atoms with Gasteiger partial charge in [-0.3, -0.25) is 0 Å². The summed E-state index contributed by atoms with van der Waals surface area (Å²) in [6.45, 7) is 2.62. The summed E-state index contributed by atoms with van der Waals surface area (Å²) >= 11 is 3.95. The van der Waals surface area contributed by atoms with Crippen molar-refractivity contribution in [3.8, 4) is 0 Å². The molecule has 0 bridgehead atoms. The van der Waals surface area contributed by atoms with Crippen LogP contribution in [-0.2, 0) is 6.18 Å². The van der Waals surface area contributed by atoms with Gasteiger partial charge in [0.2, 0.25) is 0 Å². The molecule has 1 unspecified atom stereocenters. The average molecular weight is 348 g/mol. The molecule has 1 N–H and O–H groups in total. The first-order valence-corrected chi connectivity index (χ1v) is 8.73. The second kappa shape index (κ2) is 5.68. The number of hydrogen-bond donors (Lipinski definition) is 1. The first-order chi connectivity index (χ1) is 9.99. The Morgan fingerprint density at radius 2 is 2.05 bits per heavy atom. The number of halogens is 3. The molecule has 8 heteroatoms. The lowest BCUT2D eigenvalue weighted by atomic mass is 10.2. The van der Waals surface area contributed by atoms with E-state index in [0.29, 0.717) is 22.8 Å². The fraction of sp³-hybridized carbons (Fsp3) is 0.308. The minimum absolute atomic E-state index is 0.229. The third-order valence-corrected chi connectivity index (χ3v) is 6.17. The van der Waals surface area contributed by atoms with Gasteiger partial charge < -0.3 is 5.32 Å². The Bertz CT molecular complexity index is 713. The largest absolute Gasteiger partial charge is 0.443 e. The van der Waals surface area contributed by atoms with Crippen molar-refractivity contribution in [3.63, 3.8) is 0 Å². The van der Waals surface area contributed by atoms with E-state index in [2.05, 4.69) is 10.3 Å². The zero-order chi connectivity index (χ0) is 15.0. The quantitative estimate of drug-likeness (QED) is 0.706. The van der Waals surface area contributed by atoms with E-state index in [1.165, 1.54) is 15.6 Å². The van der Waals surface area contributed by atoms with E-state index in [0.717, 1.165) is 4.88 Å². The van der Waals surface area contributed by atoms with Gasteiger partial charge in [0.25, 0.3) is 0 Å². The van der Waals surface area contributed by atoms with Gasteiger partial charge in [-0.15, -0.1) is 34.0 Å². The molecule has 0 aliphatic rings. The molecule has 0 aromatic carbocycles. The first kappa shape index (κ1) is 15.0. The lowest BCUT2D eigenvalue weighted by Gasteiger charge is -2.13. The number of hydrogen-bond acceptors (Lipinski definition) is 5. The fourth-order valence-electron chi connectivity index (χ4n) is 2.02. The van der Waals surface area contributed by atoms with E-state index >= 15 is 0 Å². The first-order valence-electron chi connectivity index (χ1n) is 6.22. The zero-order valence-corrected chi connectivity index (χ0v) is 13.3. The van der Waals surface area contributed by atoms with Crippen LogP contribution in [0.1, 0.15) is 27.7 Å². The van der Waals surface area contributed by atoms with Crippen molar-refractivity contribution >= 4 is 43.4 Å². The lowest BCUT2D eigenvalue weighted by molar-refractivity contribution is -0.137. The van der Waals surface area contributed by atoms with Crippen molar-refractivity contribution in [3.05, 3.63) is 38.5 Å². The normalized spacial score (nSPS) is 13.9. The van der Waals surface area contributed by atoms with E-state index in [-0.39, 0.29) is 6.04 Å². The Labute approximate surface area is 131 Å². The van der Waals surface area contributed by atoms with E-state index < -0.39 is 11.2 Å². The number of rotatable bonds is 4. The molecule has 2 nitrogen and oxygen atoms in total. The summed E-state index contributed by atoms with van der Waals surface area (Å²) in [6, 6.07) is 3.85. The van der Waals surface area contributed by atoms with Gasteiger partial charge >= 0.3 is 6.18 Å². The predicted molar refractivity (Wildman–Crippen MR) is 82.3 cm³/mol. The van der Waals surface area contributed by atoms with E-state index in [4.69, 9.17) is 0 Å². The van der Waals surface area contributed by atoms with Gasteiger partial charge in [-0.05, 0) is 24.1 Å². The highest BCUT2D eigenvalue weighted by Gasteiger charge is 2.35. The molecule has 3 heterocycles. The minimum Gasteiger partial charge on any atom is -0.305 e. The number of fused-ring (bicyclic) bond motifs is 1. The Morgan fingerprint density at radius 3 is 2.67 bits per heavy atom. The van der Waals surface area contributed by atoms with Crippen LogP contribution in [0.5, 0.6) is 0 Å². The number of nitrogens with one attached hydrogen (secondary N) is 1. The molecule has 0 saturated carbocycles. The van der Waals surface area contributed by atoms with Gasteiger partial charge in [0.15, 0.2) is 5.01 Å². The Morgan fingerprint density at radius 1 is 1.24 bits per heavy atom. The smallest absolute Gasteiger partial charge is 0.305 e. The lowest BCUT2D eigenvalue weighted by Crippen LogP contribution is -2.20. The van der Waals surface area contributed by atoms with Crippen LogP contribution in [0.3, 0.4) is 0 Å². The van der Waals surface area contributed by atoms with E-state index in [1.807, 2.05) is 24.4 Å². The molecule has 0 amide bonds. The molecule has 3 rings (SSSR count). The highest BCUT2D eigenvalue weighted by molar-refractivity contribution is 7.27. The van der Waals surface area contributed by atoms with Gasteiger partial charge in [0, 0.05) is 25.4 Å². The maximum Gasteiger partial charge on any atom is 0.443 e. The number of thiophene rings is 2. The maximum absolute atomic E-state index is 12.7. The summed E-state index contributed by atoms with van der Waals surface area (Å²) in [6.07, 6.45) is -3.05. The van der Waals surface area contributed by atoms with Crippen LogP contribution < -0.4 is 5.32 Å². The van der Waals surface area contributed by atoms with Crippen LogP contribution in [0.15, 0.2) is 23.7 Å². The topological polar surface area (TPSA) is 24.9 Å². The number of alkyl halides is 3. The van der Waals surface area contributed by atoms with Crippen LogP contribution in [0, 0.1) is 0 Å². The predicted octanol–water partition coefficient (Wildman–Crippen LogP) is 5.14. The number of nitrogens with zero attached hydrogens (tertiary/aromatic N) is 1. The number of thiazole rings is 1. The third-order valence-electron chi connectivity index (χ3n) is 2.90. The molecule has 0 radical (unpaired) electrons. The van der Waals surface area contributed by atoms with Crippen LogP contribution in [0.2, 0.25) is 0 Å². The van der Waals surface area contributed by atoms with Crippen molar-refractivity contribution < 1.29 is 13.2 Å². The van der Waals surface area contributed by atoms with E-state index in [9.17, 15) is 13.2 Å². The van der Waals surface area contributed by atoms with Crippen LogP contribution in [0.25, 0.3) is 9.40 Å². The Balaban J connectivity index is 1.97. The molecule has 0 saturated heterocycles. The van der Waals surface area contributed by atoms with Gasteiger partial charge in [0.05, 0.1) is 6.04 Å². The monoisotopic (exact) mass is 348 g/mol. The van der Waals surface area contributed by atoms with Crippen LogP contribution in [-0.4, -0.2) is 11.5 Å². The standard InChI is InChI=1S/C13H11F3N2S3/c1-2-17-11(9-5-8-7(20-9)3-4-19-8)10-6-18-12(21-10)13(14,15)16/h3-6,11,17H,2H2,1H3. The fourth-order valence-corrected chi connectivity index (χ4v) is 5.19. The molecule has 1 atom stereocenters. The Hall–Kier alpha value is -0.960. The zero-order valence-electron chi connectivity index (χ0n) is 10.9. The molecule has 0 aliphatic carbocycles. The highest BCUT2D eigenvalue weighted by atomic mass is 32.1. The SMILES string of the molecule is CCNC(c1cnc(C(F)(F)F)s1)c1cc2sccc2s1. The van der Waals surface area contributed by atoms with Crippen molar-refractivity contribution in [1.82, 2.24) is 10.3 Å². The number of aromatic nitrogens is 1. The second-order valence-electron chi connectivity index (χ2n) is 4.35. The molecule has 3 aromatic rings. The van der Waals surface area contributed by atoms with Gasteiger partial charge in [-0.25, -0.2) is 4.98 Å². The maximum atomic E-state index is 12.7. The second-order valence-corrected chi connectivity index (χ2v) is 7.48. The summed E-state index contributed by atoms with van der Waals surface area (Å²) in [7, 11) is 0. The molecule has 21 heavy (non-hydrogen) atoms. The summed E-state index contributed by atoms with van der Waals surface area (Å²) in [5.41, 5.74) is 0. The third kappa shape index (κ3) is 2.98. The Kier molecular flexibility index (Phi) is 4.04. The molecular weight excluding hydrogens is 337 g/mol. The van der Waals surface area contributed by atoms with Gasteiger partial charge in [0.1, 0.15) is 0 Å². The summed E-state index contributed by atoms with van der Waals surface area (Å²) in [5, 5.41) is 4.47. The van der Waals surface area contributed by atoms with Crippen LogP contribution in [0.4, 0.5) is 13.2 Å². The highest BCUT2D eigenvalue weighted by Crippen LogP contribution is 2.39. The summed E-state index contributed by atoms with van der Waals surface area (Å²) < 4.78 is 40.4. The molecule has 0 fully saturated rings. The minimum atomic E-state index is -4.38. The van der Waals surface area contributed by atoms with Crippen molar-refractivity contribution in [1.29, 1.82) is 0 Å². The average Bonchev–Trinajstić information content (AvgIpc) is 3.09. The molecule has 0 aliphatic heterocycles. The van der Waals surface area contributed by atoms with E-state index in [1.54, 1.807) is 22.7 Å². The van der Waals surface area contributed by atoms with Crippen molar-refractivity contribution in [2.24, 2.45) is 0 Å². The van der Waals surface area contributed by atoms with Crippen molar-refractivity contribution in [2.75, 3.05) is 6.54 Å². The summed E-state index contributed by atoms with van der Waals surface area (Å²) in [5.74, 6) is 0. The van der Waals surface area contributed by atoms with Crippen LogP contribution >= 0.6 is 34.0 Å².